The van der Waals surface area contributed by atoms with Gasteiger partial charge >= 0.3 is 0 Å². The largest absolute Gasteiger partial charge is 0.616 e. The molecule has 2 aromatic rings. The molecule has 3 heteroatoms. The fourth-order valence-electron chi connectivity index (χ4n) is 1.56. The van der Waals surface area contributed by atoms with Crippen molar-refractivity contribution in [3.8, 4) is 11.1 Å². The lowest BCUT2D eigenvalue weighted by atomic mass is 10.0. The lowest BCUT2D eigenvalue weighted by molar-refractivity contribution is 0.600. The Morgan fingerprint density at radius 2 is 2.07 bits per heavy atom. The van der Waals surface area contributed by atoms with Crippen LogP contribution in [0.1, 0.15) is 5.56 Å². The summed E-state index contributed by atoms with van der Waals surface area (Å²) in [4.78, 5) is 0. The summed E-state index contributed by atoms with van der Waals surface area (Å²) < 4.78 is 11.2. The normalized spacial score (nSPS) is 12.7. The third-order valence-electron chi connectivity index (χ3n) is 2.21. The first-order valence-corrected chi connectivity index (χ1v) is 7.35. The monoisotopic (exact) mass is 236 g/mol. The van der Waals surface area contributed by atoms with E-state index in [-0.39, 0.29) is 0 Å². The van der Waals surface area contributed by atoms with Gasteiger partial charge in [-0.3, -0.25) is 0 Å². The molecule has 1 atom stereocenters. The summed E-state index contributed by atoms with van der Waals surface area (Å²) >= 11 is 0.901. The van der Waals surface area contributed by atoms with Crippen LogP contribution in [0.4, 0.5) is 0 Å². The first-order chi connectivity index (χ1) is 7.27. The molecule has 1 heterocycles. The molecular formula is C12H12OS2. The van der Waals surface area contributed by atoms with E-state index in [2.05, 4.69) is 29.0 Å². The van der Waals surface area contributed by atoms with Crippen molar-refractivity contribution >= 4 is 22.5 Å². The zero-order valence-electron chi connectivity index (χ0n) is 8.47. The molecule has 0 saturated heterocycles. The van der Waals surface area contributed by atoms with Gasteiger partial charge in [0.15, 0.2) is 0 Å². The summed E-state index contributed by atoms with van der Waals surface area (Å²) in [5, 5.41) is 4.19. The highest BCUT2D eigenvalue weighted by Crippen LogP contribution is 2.26. The molecule has 1 aromatic carbocycles. The molecule has 0 bridgehead atoms. The molecule has 0 aliphatic heterocycles. The number of hydrogen-bond acceptors (Lipinski definition) is 2. The van der Waals surface area contributed by atoms with Crippen molar-refractivity contribution < 1.29 is 4.55 Å². The maximum absolute atomic E-state index is 11.2. The molecule has 0 N–H and O–H groups in total. The van der Waals surface area contributed by atoms with Crippen molar-refractivity contribution in [3.63, 3.8) is 0 Å². The predicted molar refractivity (Wildman–Crippen MR) is 67.5 cm³/mol. The minimum absolute atomic E-state index is 0.631. The van der Waals surface area contributed by atoms with Gasteiger partial charge in [-0.15, -0.1) is 0 Å². The fourth-order valence-corrected chi connectivity index (χ4v) is 2.91. The third kappa shape index (κ3) is 2.62. The van der Waals surface area contributed by atoms with Gasteiger partial charge in [0.25, 0.3) is 0 Å². The molecule has 0 saturated carbocycles. The molecule has 0 spiro atoms. The Hall–Kier alpha value is -0.770. The second-order valence-corrected chi connectivity index (χ2v) is 5.60. The first-order valence-electron chi connectivity index (χ1n) is 4.68. The molecule has 1 nitrogen and oxygen atoms in total. The zero-order chi connectivity index (χ0) is 10.7. The van der Waals surface area contributed by atoms with Crippen LogP contribution >= 0.6 is 11.3 Å². The SMILES string of the molecule is C[S+]([O-])Cc1ccccc1-c1ccsc1. The highest BCUT2D eigenvalue weighted by molar-refractivity contribution is 7.89. The summed E-state index contributed by atoms with van der Waals surface area (Å²) in [5.74, 6) is 0.631. The number of benzene rings is 1. The molecule has 1 aromatic heterocycles. The average Bonchev–Trinajstić information content (AvgIpc) is 2.70. The highest BCUT2D eigenvalue weighted by atomic mass is 32.2. The smallest absolute Gasteiger partial charge is 0.130 e. The number of rotatable bonds is 3. The minimum atomic E-state index is -0.785. The topological polar surface area (TPSA) is 23.1 Å². The summed E-state index contributed by atoms with van der Waals surface area (Å²) in [7, 11) is 0. The van der Waals surface area contributed by atoms with Crippen molar-refractivity contribution in [2.45, 2.75) is 5.75 Å². The molecule has 0 amide bonds. The highest BCUT2D eigenvalue weighted by Gasteiger charge is 2.08. The molecule has 2 rings (SSSR count). The Morgan fingerprint density at radius 3 is 2.73 bits per heavy atom. The number of hydrogen-bond donors (Lipinski definition) is 0. The second kappa shape index (κ2) is 4.84. The standard InChI is InChI=1S/C12H12OS2/c1-15(13)9-11-4-2-3-5-12(11)10-6-7-14-8-10/h2-8H,9H2,1H3. The van der Waals surface area contributed by atoms with Crippen LogP contribution < -0.4 is 0 Å². The van der Waals surface area contributed by atoms with Crippen molar-refractivity contribution in [1.82, 2.24) is 0 Å². The van der Waals surface area contributed by atoms with Crippen molar-refractivity contribution in [2.75, 3.05) is 6.26 Å². The van der Waals surface area contributed by atoms with Gasteiger partial charge in [0.05, 0.1) is 6.26 Å². The molecule has 1 unspecified atom stereocenters. The summed E-state index contributed by atoms with van der Waals surface area (Å²) in [6, 6.07) is 10.3. The van der Waals surface area contributed by atoms with Crippen molar-refractivity contribution in [2.24, 2.45) is 0 Å². The summed E-state index contributed by atoms with van der Waals surface area (Å²) in [6.45, 7) is 0. The van der Waals surface area contributed by atoms with E-state index in [1.54, 1.807) is 17.6 Å². The van der Waals surface area contributed by atoms with Crippen LogP contribution in [0.5, 0.6) is 0 Å². The summed E-state index contributed by atoms with van der Waals surface area (Å²) in [5.41, 5.74) is 3.59. The molecular weight excluding hydrogens is 224 g/mol. The van der Waals surface area contributed by atoms with Crippen LogP contribution in [-0.4, -0.2) is 10.8 Å². The zero-order valence-corrected chi connectivity index (χ0v) is 10.1. The van der Waals surface area contributed by atoms with Gasteiger partial charge in [-0.2, -0.15) is 11.3 Å². The minimum Gasteiger partial charge on any atom is -0.616 e. The fraction of sp³-hybridized carbons (Fsp3) is 0.167. The van der Waals surface area contributed by atoms with E-state index in [0.717, 1.165) is 5.56 Å². The molecule has 15 heavy (non-hydrogen) atoms. The molecule has 0 aliphatic rings. The van der Waals surface area contributed by atoms with Crippen molar-refractivity contribution in [1.29, 1.82) is 0 Å². The molecule has 78 valence electrons. The number of thiophene rings is 1. The van der Waals surface area contributed by atoms with Crippen LogP contribution in [0.25, 0.3) is 11.1 Å². The van der Waals surface area contributed by atoms with Crippen LogP contribution in [0, 0.1) is 0 Å². The average molecular weight is 236 g/mol. The van der Waals surface area contributed by atoms with E-state index in [0.29, 0.717) is 5.75 Å². The maximum atomic E-state index is 11.2. The quantitative estimate of drug-likeness (QED) is 0.750. The Bertz CT molecular complexity index is 421. The van der Waals surface area contributed by atoms with Gasteiger partial charge in [0.2, 0.25) is 0 Å². The van der Waals surface area contributed by atoms with Gasteiger partial charge in [-0.25, -0.2) is 0 Å². The van der Waals surface area contributed by atoms with Gasteiger partial charge in [0.1, 0.15) is 5.75 Å². The van der Waals surface area contributed by atoms with E-state index in [1.807, 2.05) is 12.1 Å². The van der Waals surface area contributed by atoms with Crippen LogP contribution in [0.2, 0.25) is 0 Å². The van der Waals surface area contributed by atoms with E-state index >= 15 is 0 Å². The lowest BCUT2D eigenvalue weighted by Crippen LogP contribution is -2.01. The Labute approximate surface area is 97.0 Å². The van der Waals surface area contributed by atoms with E-state index in [9.17, 15) is 4.55 Å². The Balaban J connectivity index is 2.38. The van der Waals surface area contributed by atoms with Gasteiger partial charge < -0.3 is 4.55 Å². The van der Waals surface area contributed by atoms with Gasteiger partial charge in [0, 0.05) is 5.56 Å². The Kier molecular flexibility index (Phi) is 3.46. The van der Waals surface area contributed by atoms with E-state index in [4.69, 9.17) is 0 Å². The van der Waals surface area contributed by atoms with Crippen LogP contribution in [0.3, 0.4) is 0 Å². The summed E-state index contributed by atoms with van der Waals surface area (Å²) in [6.07, 6.45) is 1.74. The van der Waals surface area contributed by atoms with Gasteiger partial charge in [-0.1, -0.05) is 35.4 Å². The predicted octanol–water partition coefficient (Wildman–Crippen LogP) is 3.29. The van der Waals surface area contributed by atoms with E-state index < -0.39 is 11.2 Å². The second-order valence-electron chi connectivity index (χ2n) is 3.39. The van der Waals surface area contributed by atoms with Crippen LogP contribution in [0.15, 0.2) is 41.1 Å². The molecule has 0 fully saturated rings. The molecule has 0 radical (unpaired) electrons. The maximum Gasteiger partial charge on any atom is 0.130 e. The lowest BCUT2D eigenvalue weighted by Gasteiger charge is -2.09. The first kappa shape index (κ1) is 10.7. The molecule has 0 aliphatic carbocycles. The van der Waals surface area contributed by atoms with Gasteiger partial charge in [-0.05, 0) is 28.0 Å². The van der Waals surface area contributed by atoms with Crippen LogP contribution in [-0.2, 0) is 16.9 Å². The van der Waals surface area contributed by atoms with Crippen molar-refractivity contribution in [3.05, 3.63) is 46.7 Å². The third-order valence-corrected chi connectivity index (χ3v) is 3.61. The Morgan fingerprint density at radius 1 is 1.27 bits per heavy atom. The van der Waals surface area contributed by atoms with E-state index in [1.165, 1.54) is 11.1 Å².